The molecule has 0 aromatic carbocycles. The van der Waals surface area contributed by atoms with Crippen LogP contribution in [0.2, 0.25) is 0 Å². The van der Waals surface area contributed by atoms with Gasteiger partial charge in [-0.25, -0.2) is 0 Å². The summed E-state index contributed by atoms with van der Waals surface area (Å²) in [6.45, 7) is 0. The Bertz CT molecular complexity index is 222. The van der Waals surface area contributed by atoms with Crippen LogP contribution in [0.5, 0.6) is 0 Å². The average molecular weight is 368 g/mol. The van der Waals surface area contributed by atoms with E-state index in [2.05, 4.69) is 46.4 Å². The van der Waals surface area contributed by atoms with E-state index in [-0.39, 0.29) is 0 Å². The second-order valence-electron chi connectivity index (χ2n) is 2.20. The van der Waals surface area contributed by atoms with Gasteiger partial charge in [0.1, 0.15) is 0 Å². The Balaban J connectivity index is 4.59. The standard InChI is InChI=1S/C4Cl4F6S2/c5-1(6,9)3(11,12)15-16-4(13,14)2(7,8)10. The first-order valence-electron chi connectivity index (χ1n) is 2.96. The molecule has 0 rings (SSSR count). The van der Waals surface area contributed by atoms with Gasteiger partial charge in [-0.3, -0.25) is 0 Å². The Morgan fingerprint density at radius 1 is 0.562 bits per heavy atom. The minimum Gasteiger partial charge on any atom is -0.200 e. The number of hydrogen-bond acceptors (Lipinski definition) is 2. The lowest BCUT2D eigenvalue weighted by molar-refractivity contribution is 0.0292. The van der Waals surface area contributed by atoms with E-state index in [0.717, 1.165) is 0 Å². The van der Waals surface area contributed by atoms with Crippen LogP contribution in [0.4, 0.5) is 26.3 Å². The predicted octanol–water partition coefficient (Wildman–Crippen LogP) is 5.76. The van der Waals surface area contributed by atoms with Crippen molar-refractivity contribution < 1.29 is 26.3 Å². The lowest BCUT2D eigenvalue weighted by Gasteiger charge is -2.25. The van der Waals surface area contributed by atoms with E-state index < -0.39 is 41.3 Å². The molecule has 0 heterocycles. The highest BCUT2D eigenvalue weighted by Gasteiger charge is 2.60. The molecule has 0 atom stereocenters. The molecule has 0 aliphatic heterocycles. The minimum atomic E-state index is -4.61. The van der Waals surface area contributed by atoms with Gasteiger partial charge in [-0.05, 0) is 21.6 Å². The van der Waals surface area contributed by atoms with Crippen LogP contribution in [0.3, 0.4) is 0 Å². The van der Waals surface area contributed by atoms with Gasteiger partial charge in [0, 0.05) is 0 Å². The van der Waals surface area contributed by atoms with E-state index in [9.17, 15) is 26.3 Å². The zero-order valence-corrected chi connectivity index (χ0v) is 11.3. The third-order valence-electron chi connectivity index (χ3n) is 0.911. The highest BCUT2D eigenvalue weighted by atomic mass is 35.5. The molecule has 0 N–H and O–H groups in total. The third kappa shape index (κ3) is 4.61. The van der Waals surface area contributed by atoms with Crippen molar-refractivity contribution in [2.75, 3.05) is 0 Å². The quantitative estimate of drug-likeness (QED) is 0.344. The zero-order valence-electron chi connectivity index (χ0n) is 6.60. The molecule has 0 nitrogen and oxygen atoms in total. The summed E-state index contributed by atoms with van der Waals surface area (Å²) >= 11 is 17.5. The molecule has 0 radical (unpaired) electrons. The van der Waals surface area contributed by atoms with Gasteiger partial charge in [0.25, 0.3) is 0 Å². The van der Waals surface area contributed by atoms with E-state index in [1.165, 1.54) is 0 Å². The largest absolute Gasteiger partial charge is 0.365 e. The summed E-state index contributed by atoms with van der Waals surface area (Å²) in [6, 6.07) is 0. The van der Waals surface area contributed by atoms with Crippen LogP contribution in [0.15, 0.2) is 0 Å². The molecular weight excluding hydrogens is 368 g/mol. The van der Waals surface area contributed by atoms with Crippen LogP contribution in [0.25, 0.3) is 0 Å². The Hall–Kier alpha value is 1.44. The fraction of sp³-hybridized carbons (Fsp3) is 1.00. The van der Waals surface area contributed by atoms with E-state index in [1.807, 2.05) is 0 Å². The van der Waals surface area contributed by atoms with Crippen molar-refractivity contribution in [3.05, 3.63) is 0 Å². The lowest BCUT2D eigenvalue weighted by atomic mass is 10.8. The first-order chi connectivity index (χ1) is 6.71. The summed E-state index contributed by atoms with van der Waals surface area (Å²) in [7, 11) is -2.19. The first-order valence-corrected chi connectivity index (χ1v) is 6.63. The second-order valence-corrected chi connectivity index (χ2v) is 7.02. The number of hydrogen-bond donors (Lipinski definition) is 0. The van der Waals surface area contributed by atoms with Gasteiger partial charge in [0.15, 0.2) is 0 Å². The summed E-state index contributed by atoms with van der Waals surface area (Å²) in [5, 5.41) is -9.22. The maximum absolute atomic E-state index is 12.6. The fourth-order valence-corrected chi connectivity index (χ4v) is 2.93. The first kappa shape index (κ1) is 17.4. The molecule has 16 heavy (non-hydrogen) atoms. The van der Waals surface area contributed by atoms with Crippen molar-refractivity contribution in [1.82, 2.24) is 0 Å². The van der Waals surface area contributed by atoms with Gasteiger partial charge in [-0.1, -0.05) is 46.4 Å². The molecule has 0 saturated carbocycles. The molecular formula is C4Cl4F6S2. The number of alkyl halides is 10. The molecule has 98 valence electrons. The molecule has 0 spiro atoms. The normalized spacial score (nSPS) is 15.4. The van der Waals surface area contributed by atoms with Gasteiger partial charge >= 0.3 is 19.7 Å². The average Bonchev–Trinajstić information content (AvgIpc) is 1.97. The van der Waals surface area contributed by atoms with E-state index >= 15 is 0 Å². The molecule has 0 aliphatic carbocycles. The van der Waals surface area contributed by atoms with Crippen molar-refractivity contribution in [3.63, 3.8) is 0 Å². The number of halogens is 10. The fourth-order valence-electron chi connectivity index (χ4n) is 0.199. The van der Waals surface area contributed by atoms with Crippen molar-refractivity contribution >= 4 is 68.0 Å². The SMILES string of the molecule is FC(Cl)(Cl)C(F)(F)SSC(F)(F)C(F)(Cl)Cl. The third-order valence-corrected chi connectivity index (χ3v) is 4.88. The molecule has 0 aromatic rings. The summed E-state index contributed by atoms with van der Waals surface area (Å²) < 4.78 is 67.0. The molecule has 12 heteroatoms. The second kappa shape index (κ2) is 5.21. The lowest BCUT2D eigenvalue weighted by Crippen LogP contribution is -2.34. The molecule has 0 unspecified atom stereocenters. The van der Waals surface area contributed by atoms with Crippen LogP contribution < -0.4 is 0 Å². The Kier molecular flexibility index (Phi) is 5.67. The van der Waals surface area contributed by atoms with Crippen LogP contribution >= 0.6 is 68.0 Å². The molecule has 0 saturated heterocycles. The molecule has 0 amide bonds. The smallest absolute Gasteiger partial charge is 0.200 e. The van der Waals surface area contributed by atoms with Crippen LogP contribution in [-0.2, 0) is 0 Å². The predicted molar refractivity (Wildman–Crippen MR) is 56.2 cm³/mol. The summed E-state index contributed by atoms with van der Waals surface area (Å²) in [5.74, 6) is 0. The maximum Gasteiger partial charge on any atom is 0.365 e. The van der Waals surface area contributed by atoms with E-state index in [1.54, 1.807) is 0 Å². The van der Waals surface area contributed by atoms with Crippen molar-refractivity contribution in [2.24, 2.45) is 0 Å². The number of rotatable bonds is 5. The summed E-state index contributed by atoms with van der Waals surface area (Å²) in [5.41, 5.74) is 0. The van der Waals surface area contributed by atoms with Crippen molar-refractivity contribution in [3.8, 4) is 0 Å². The highest BCUT2D eigenvalue weighted by Crippen LogP contribution is 2.59. The summed E-state index contributed by atoms with van der Waals surface area (Å²) in [6.07, 6.45) is 0. The highest BCUT2D eigenvalue weighted by molar-refractivity contribution is 8.77. The van der Waals surface area contributed by atoms with E-state index in [0.29, 0.717) is 0 Å². The Morgan fingerprint density at radius 2 is 0.750 bits per heavy atom. The molecule has 0 fully saturated rings. The van der Waals surface area contributed by atoms with Crippen molar-refractivity contribution in [1.29, 1.82) is 0 Å². The van der Waals surface area contributed by atoms with Gasteiger partial charge in [-0.15, -0.1) is 0 Å². The zero-order chi connectivity index (χ0) is 13.4. The van der Waals surface area contributed by atoms with Gasteiger partial charge in [0.05, 0.1) is 0 Å². The molecule has 0 bridgehead atoms. The van der Waals surface area contributed by atoms with Gasteiger partial charge in [-0.2, -0.15) is 26.3 Å². The van der Waals surface area contributed by atoms with Crippen LogP contribution in [0, 0.1) is 0 Å². The van der Waals surface area contributed by atoms with E-state index in [4.69, 9.17) is 0 Å². The minimum absolute atomic E-state index is 1.09. The van der Waals surface area contributed by atoms with Crippen LogP contribution in [-0.4, -0.2) is 19.7 Å². The monoisotopic (exact) mass is 366 g/mol. The topological polar surface area (TPSA) is 0 Å². The van der Waals surface area contributed by atoms with Gasteiger partial charge in [0.2, 0.25) is 0 Å². The molecule has 0 aromatic heterocycles. The summed E-state index contributed by atoms with van der Waals surface area (Å²) in [4.78, 5) is 0. The molecule has 0 aliphatic rings. The maximum atomic E-state index is 12.6. The van der Waals surface area contributed by atoms with Crippen molar-refractivity contribution in [2.45, 2.75) is 19.7 Å². The Morgan fingerprint density at radius 3 is 0.875 bits per heavy atom. The van der Waals surface area contributed by atoms with Gasteiger partial charge < -0.3 is 0 Å². The Labute approximate surface area is 114 Å². The van der Waals surface area contributed by atoms with Crippen LogP contribution in [0.1, 0.15) is 0 Å².